The molecule has 1 fully saturated rings. The summed E-state index contributed by atoms with van der Waals surface area (Å²) in [6.07, 6.45) is 4.20. The van der Waals surface area contributed by atoms with Crippen LogP contribution in [0.15, 0.2) is 16.0 Å². The van der Waals surface area contributed by atoms with E-state index in [2.05, 4.69) is 5.10 Å². The van der Waals surface area contributed by atoms with Crippen LogP contribution >= 0.6 is 0 Å². The maximum absolute atomic E-state index is 12.1. The zero-order valence-corrected chi connectivity index (χ0v) is 10.2. The van der Waals surface area contributed by atoms with Crippen molar-refractivity contribution in [2.24, 2.45) is 5.10 Å². The van der Waals surface area contributed by atoms with Crippen molar-refractivity contribution < 1.29 is 0 Å². The Kier molecular flexibility index (Phi) is 3.10. The Morgan fingerprint density at radius 2 is 2.00 bits per heavy atom. The lowest BCUT2D eigenvalue weighted by molar-refractivity contribution is 0.776. The van der Waals surface area contributed by atoms with E-state index in [1.807, 2.05) is 19.1 Å². The molecule has 4 heteroatoms. The van der Waals surface area contributed by atoms with Gasteiger partial charge in [-0.2, -0.15) is 10.4 Å². The van der Waals surface area contributed by atoms with Crippen LogP contribution in [-0.2, 0) is 0 Å². The van der Waals surface area contributed by atoms with Crippen LogP contribution in [0.5, 0.6) is 0 Å². The van der Waals surface area contributed by atoms with Gasteiger partial charge in [0.25, 0.3) is 5.56 Å². The lowest BCUT2D eigenvalue weighted by atomic mass is 10.1. The van der Waals surface area contributed by atoms with Gasteiger partial charge >= 0.3 is 0 Å². The maximum Gasteiger partial charge on any atom is 0.289 e. The van der Waals surface area contributed by atoms with E-state index in [0.29, 0.717) is 0 Å². The summed E-state index contributed by atoms with van der Waals surface area (Å²) in [6.45, 7) is 3.62. The molecule has 0 bridgehead atoms. The zero-order chi connectivity index (χ0) is 12.4. The van der Waals surface area contributed by atoms with Gasteiger partial charge in [0.2, 0.25) is 0 Å². The van der Waals surface area contributed by atoms with E-state index in [-0.39, 0.29) is 11.1 Å². The van der Waals surface area contributed by atoms with Crippen molar-refractivity contribution in [1.29, 1.82) is 5.26 Å². The molecule has 1 aromatic rings. The van der Waals surface area contributed by atoms with Crippen molar-refractivity contribution in [3.8, 4) is 6.07 Å². The highest BCUT2D eigenvalue weighted by Crippen LogP contribution is 2.15. The topological polar surface area (TPSA) is 58.1 Å². The highest BCUT2D eigenvalue weighted by Gasteiger charge is 2.12. The van der Waals surface area contributed by atoms with Gasteiger partial charge in [-0.15, -0.1) is 0 Å². The van der Waals surface area contributed by atoms with Gasteiger partial charge in [0, 0.05) is 11.4 Å². The maximum atomic E-state index is 12.1. The van der Waals surface area contributed by atoms with Gasteiger partial charge in [0.1, 0.15) is 11.6 Å². The van der Waals surface area contributed by atoms with E-state index >= 15 is 0 Å². The summed E-state index contributed by atoms with van der Waals surface area (Å²) in [4.78, 5) is 12.1. The molecule has 1 aromatic heterocycles. The Balaban J connectivity index is 2.58. The molecule has 0 amide bonds. The molecule has 0 unspecified atom stereocenters. The second-order valence-electron chi connectivity index (χ2n) is 4.45. The SMILES string of the molecule is Cc1cc(C)n(N=C2CCCC2)c(=O)c1C#N. The fourth-order valence-corrected chi connectivity index (χ4v) is 2.17. The summed E-state index contributed by atoms with van der Waals surface area (Å²) in [7, 11) is 0. The number of hydrogen-bond acceptors (Lipinski definition) is 3. The van der Waals surface area contributed by atoms with Crippen LogP contribution in [0.2, 0.25) is 0 Å². The van der Waals surface area contributed by atoms with E-state index in [1.165, 1.54) is 4.68 Å². The Morgan fingerprint density at radius 1 is 1.35 bits per heavy atom. The quantitative estimate of drug-likeness (QED) is 0.740. The molecule has 2 rings (SSSR count). The molecular weight excluding hydrogens is 214 g/mol. The molecule has 1 heterocycles. The van der Waals surface area contributed by atoms with Crippen molar-refractivity contribution in [3.63, 3.8) is 0 Å². The largest absolute Gasteiger partial charge is 0.289 e. The Labute approximate surface area is 100 Å². The molecule has 1 aliphatic carbocycles. The summed E-state index contributed by atoms with van der Waals surface area (Å²) in [5.74, 6) is 0. The predicted octanol–water partition coefficient (Wildman–Crippen LogP) is 2.11. The van der Waals surface area contributed by atoms with Crippen molar-refractivity contribution in [2.45, 2.75) is 39.5 Å². The van der Waals surface area contributed by atoms with Crippen LogP contribution < -0.4 is 5.56 Å². The van der Waals surface area contributed by atoms with E-state index < -0.39 is 0 Å². The summed E-state index contributed by atoms with van der Waals surface area (Å²) in [5.41, 5.74) is 2.45. The minimum absolute atomic E-state index is 0.193. The van der Waals surface area contributed by atoms with E-state index in [1.54, 1.807) is 6.92 Å². The standard InChI is InChI=1S/C13H15N3O/c1-9-7-10(2)16(13(17)12(9)8-14)15-11-5-3-4-6-11/h7H,3-6H2,1-2H3. The summed E-state index contributed by atoms with van der Waals surface area (Å²) in [5, 5.41) is 13.3. The first kappa shape index (κ1) is 11.6. The van der Waals surface area contributed by atoms with Gasteiger partial charge in [-0.25, -0.2) is 4.68 Å². The molecule has 0 saturated heterocycles. The van der Waals surface area contributed by atoms with Crippen LogP contribution in [-0.4, -0.2) is 10.4 Å². The van der Waals surface area contributed by atoms with Crippen molar-refractivity contribution >= 4 is 5.71 Å². The Hall–Kier alpha value is -1.89. The van der Waals surface area contributed by atoms with Crippen LogP contribution in [0.4, 0.5) is 0 Å². The van der Waals surface area contributed by atoms with Gasteiger partial charge in [0.15, 0.2) is 0 Å². The Bertz CT molecular complexity index is 568. The van der Waals surface area contributed by atoms with E-state index in [0.717, 1.165) is 42.7 Å². The molecule has 17 heavy (non-hydrogen) atoms. The minimum atomic E-state index is -0.301. The normalized spacial score (nSPS) is 14.8. The second-order valence-corrected chi connectivity index (χ2v) is 4.45. The summed E-state index contributed by atoms with van der Waals surface area (Å²) < 4.78 is 1.37. The van der Waals surface area contributed by atoms with Crippen LogP contribution in [0.3, 0.4) is 0 Å². The van der Waals surface area contributed by atoms with E-state index in [4.69, 9.17) is 5.26 Å². The average Bonchev–Trinajstić information content (AvgIpc) is 2.77. The third-order valence-electron chi connectivity index (χ3n) is 3.09. The predicted molar refractivity (Wildman–Crippen MR) is 66.2 cm³/mol. The van der Waals surface area contributed by atoms with Crippen molar-refractivity contribution in [1.82, 2.24) is 4.68 Å². The first-order chi connectivity index (χ1) is 8.13. The molecule has 0 radical (unpaired) electrons. The molecule has 1 saturated carbocycles. The molecule has 1 aliphatic rings. The monoisotopic (exact) mass is 229 g/mol. The third kappa shape index (κ3) is 2.14. The van der Waals surface area contributed by atoms with Crippen LogP contribution in [0, 0.1) is 25.2 Å². The molecule has 88 valence electrons. The smallest absolute Gasteiger partial charge is 0.266 e. The molecule has 0 atom stereocenters. The van der Waals surface area contributed by atoms with Crippen molar-refractivity contribution in [3.05, 3.63) is 33.2 Å². The van der Waals surface area contributed by atoms with Crippen LogP contribution in [0.25, 0.3) is 0 Å². The van der Waals surface area contributed by atoms with Crippen molar-refractivity contribution in [2.75, 3.05) is 0 Å². The summed E-state index contributed by atoms with van der Waals surface area (Å²) in [6, 6.07) is 3.79. The number of nitriles is 1. The lowest BCUT2D eigenvalue weighted by Crippen LogP contribution is -2.23. The van der Waals surface area contributed by atoms with E-state index in [9.17, 15) is 4.79 Å². The number of aryl methyl sites for hydroxylation is 2. The molecular formula is C13H15N3O. The average molecular weight is 229 g/mol. The fourth-order valence-electron chi connectivity index (χ4n) is 2.17. The first-order valence-corrected chi connectivity index (χ1v) is 5.83. The molecule has 0 spiro atoms. The highest BCUT2D eigenvalue weighted by atomic mass is 16.1. The van der Waals surface area contributed by atoms with Crippen LogP contribution in [0.1, 0.15) is 42.5 Å². The third-order valence-corrected chi connectivity index (χ3v) is 3.09. The van der Waals surface area contributed by atoms with Gasteiger partial charge in [-0.3, -0.25) is 4.79 Å². The number of aromatic nitrogens is 1. The number of rotatable bonds is 1. The number of nitrogens with zero attached hydrogens (tertiary/aromatic N) is 3. The minimum Gasteiger partial charge on any atom is -0.266 e. The molecule has 0 aromatic carbocycles. The molecule has 0 N–H and O–H groups in total. The second kappa shape index (κ2) is 4.54. The van der Waals surface area contributed by atoms with Gasteiger partial charge in [-0.05, 0) is 51.2 Å². The fraction of sp³-hybridized carbons (Fsp3) is 0.462. The first-order valence-electron chi connectivity index (χ1n) is 5.83. The summed E-state index contributed by atoms with van der Waals surface area (Å²) >= 11 is 0. The van der Waals surface area contributed by atoms with Gasteiger partial charge < -0.3 is 0 Å². The number of pyridine rings is 1. The Morgan fingerprint density at radius 3 is 2.59 bits per heavy atom. The van der Waals surface area contributed by atoms with Gasteiger partial charge in [0.05, 0.1) is 0 Å². The number of hydrogen-bond donors (Lipinski definition) is 0. The van der Waals surface area contributed by atoms with Gasteiger partial charge in [-0.1, -0.05) is 0 Å². The molecule has 4 nitrogen and oxygen atoms in total. The zero-order valence-electron chi connectivity index (χ0n) is 10.2. The lowest BCUT2D eigenvalue weighted by Gasteiger charge is -2.07. The highest BCUT2D eigenvalue weighted by molar-refractivity contribution is 5.86. The molecule has 0 aliphatic heterocycles.